The maximum Gasteiger partial charge on any atom is 0.275 e. The van der Waals surface area contributed by atoms with Crippen molar-refractivity contribution in [2.45, 2.75) is 13.0 Å². The zero-order chi connectivity index (χ0) is 19.4. The average molecular weight is 378 g/mol. The number of piperazine rings is 1. The van der Waals surface area contributed by atoms with Crippen molar-refractivity contribution in [1.82, 2.24) is 5.32 Å². The summed E-state index contributed by atoms with van der Waals surface area (Å²) in [6.07, 6.45) is 0. The Morgan fingerprint density at radius 2 is 1.70 bits per heavy atom. The standard InChI is InChI=1S/C20H22F3N3O/c1-14(18-7-4-16(22)12-19(18)23)24-20(27)13-25-8-10-26(11-9-25)17-5-2-15(21)3-6-17/h2-7,12,14H,8-11,13H2,1H3,(H,24,27)/p+1/t14-/m1/s1. The second-order valence-corrected chi connectivity index (χ2v) is 6.85. The maximum atomic E-state index is 13.8. The number of amides is 1. The van der Waals surface area contributed by atoms with E-state index < -0.39 is 17.7 Å². The SMILES string of the molecule is C[C@@H](NC(=O)C[NH+]1CCN(c2ccc(F)cc2)CC1)c1ccc(F)cc1F. The predicted octanol–water partition coefficient (Wildman–Crippen LogP) is 1.69. The van der Waals surface area contributed by atoms with Crippen LogP contribution in [0.15, 0.2) is 42.5 Å². The fraction of sp³-hybridized carbons (Fsp3) is 0.350. The molecule has 0 aliphatic carbocycles. The molecule has 1 aliphatic heterocycles. The molecule has 0 saturated carbocycles. The summed E-state index contributed by atoms with van der Waals surface area (Å²) in [6.45, 7) is 5.08. The highest BCUT2D eigenvalue weighted by molar-refractivity contribution is 5.77. The minimum absolute atomic E-state index is 0.170. The highest BCUT2D eigenvalue weighted by Gasteiger charge is 2.23. The molecule has 0 radical (unpaired) electrons. The van der Waals surface area contributed by atoms with Crippen LogP contribution in [-0.4, -0.2) is 38.6 Å². The summed E-state index contributed by atoms with van der Waals surface area (Å²) < 4.78 is 39.8. The fourth-order valence-corrected chi connectivity index (χ4v) is 3.36. The molecule has 2 aromatic rings. The second-order valence-electron chi connectivity index (χ2n) is 6.85. The molecule has 3 rings (SSSR count). The molecule has 1 fully saturated rings. The van der Waals surface area contributed by atoms with E-state index in [0.29, 0.717) is 6.54 Å². The van der Waals surface area contributed by atoms with Gasteiger partial charge in [-0.3, -0.25) is 4.79 Å². The van der Waals surface area contributed by atoms with Crippen molar-refractivity contribution in [3.05, 3.63) is 65.5 Å². The number of anilines is 1. The van der Waals surface area contributed by atoms with Gasteiger partial charge in [-0.1, -0.05) is 6.07 Å². The molecule has 2 aromatic carbocycles. The number of carbonyl (C=O) groups excluding carboxylic acids is 1. The quantitative estimate of drug-likeness (QED) is 0.831. The monoisotopic (exact) mass is 378 g/mol. The largest absolute Gasteiger partial charge is 0.360 e. The highest BCUT2D eigenvalue weighted by Crippen LogP contribution is 2.17. The lowest BCUT2D eigenvalue weighted by Crippen LogP contribution is -3.15. The molecule has 1 atom stereocenters. The molecule has 4 nitrogen and oxygen atoms in total. The van der Waals surface area contributed by atoms with Gasteiger partial charge >= 0.3 is 0 Å². The Bertz CT molecular complexity index is 790. The van der Waals surface area contributed by atoms with Crippen LogP contribution in [0.2, 0.25) is 0 Å². The third-order valence-electron chi connectivity index (χ3n) is 4.88. The molecule has 1 saturated heterocycles. The Labute approximate surface area is 156 Å². The normalized spacial score (nSPS) is 16.2. The summed E-state index contributed by atoms with van der Waals surface area (Å²) in [4.78, 5) is 15.6. The van der Waals surface area contributed by atoms with E-state index in [1.165, 1.54) is 24.3 Å². The van der Waals surface area contributed by atoms with Gasteiger partial charge in [0.15, 0.2) is 6.54 Å². The van der Waals surface area contributed by atoms with Crippen molar-refractivity contribution in [2.75, 3.05) is 37.6 Å². The minimum atomic E-state index is -0.664. The molecule has 27 heavy (non-hydrogen) atoms. The van der Waals surface area contributed by atoms with Crippen LogP contribution in [0.3, 0.4) is 0 Å². The number of quaternary nitrogens is 1. The Balaban J connectivity index is 1.48. The van der Waals surface area contributed by atoms with Gasteiger partial charge in [-0.25, -0.2) is 13.2 Å². The Hall–Kier alpha value is -2.54. The first kappa shape index (κ1) is 19.2. The van der Waals surface area contributed by atoms with E-state index in [2.05, 4.69) is 10.2 Å². The van der Waals surface area contributed by atoms with E-state index in [1.807, 2.05) is 0 Å². The van der Waals surface area contributed by atoms with Crippen LogP contribution in [0.25, 0.3) is 0 Å². The van der Waals surface area contributed by atoms with Crippen LogP contribution in [0.5, 0.6) is 0 Å². The Morgan fingerprint density at radius 3 is 2.33 bits per heavy atom. The van der Waals surface area contributed by atoms with Crippen LogP contribution in [0, 0.1) is 17.5 Å². The zero-order valence-electron chi connectivity index (χ0n) is 15.1. The summed E-state index contributed by atoms with van der Waals surface area (Å²) in [7, 11) is 0. The molecule has 1 aliphatic rings. The number of hydrogen-bond acceptors (Lipinski definition) is 2. The number of benzene rings is 2. The van der Waals surface area contributed by atoms with Gasteiger partial charge < -0.3 is 15.1 Å². The molecule has 0 bridgehead atoms. The topological polar surface area (TPSA) is 36.8 Å². The van der Waals surface area contributed by atoms with E-state index in [1.54, 1.807) is 19.1 Å². The van der Waals surface area contributed by atoms with Gasteiger partial charge in [-0.15, -0.1) is 0 Å². The van der Waals surface area contributed by atoms with Gasteiger partial charge in [0, 0.05) is 17.3 Å². The van der Waals surface area contributed by atoms with E-state index >= 15 is 0 Å². The van der Waals surface area contributed by atoms with Crippen LogP contribution >= 0.6 is 0 Å². The first-order valence-electron chi connectivity index (χ1n) is 9.01. The molecule has 144 valence electrons. The van der Waals surface area contributed by atoms with E-state index in [-0.39, 0.29) is 17.3 Å². The first-order chi connectivity index (χ1) is 12.9. The molecular weight excluding hydrogens is 355 g/mol. The summed E-state index contributed by atoms with van der Waals surface area (Å²) in [5.74, 6) is -1.73. The molecule has 1 amide bonds. The smallest absolute Gasteiger partial charge is 0.275 e. The summed E-state index contributed by atoms with van der Waals surface area (Å²) in [5.41, 5.74) is 1.24. The molecule has 7 heteroatoms. The average Bonchev–Trinajstić information content (AvgIpc) is 2.63. The predicted molar refractivity (Wildman–Crippen MR) is 97.1 cm³/mol. The lowest BCUT2D eigenvalue weighted by Gasteiger charge is -2.33. The molecule has 1 heterocycles. The minimum Gasteiger partial charge on any atom is -0.360 e. The molecule has 0 aromatic heterocycles. The zero-order valence-corrected chi connectivity index (χ0v) is 15.1. The van der Waals surface area contributed by atoms with Crippen molar-refractivity contribution in [3.8, 4) is 0 Å². The van der Waals surface area contributed by atoms with E-state index in [9.17, 15) is 18.0 Å². The van der Waals surface area contributed by atoms with Crippen LogP contribution in [0.4, 0.5) is 18.9 Å². The number of hydrogen-bond donors (Lipinski definition) is 2. The summed E-state index contributed by atoms with van der Waals surface area (Å²) in [6, 6.07) is 9.22. The van der Waals surface area contributed by atoms with Gasteiger partial charge in [0.2, 0.25) is 0 Å². The van der Waals surface area contributed by atoms with Crippen molar-refractivity contribution < 1.29 is 22.9 Å². The molecular formula is C20H23F3N3O+. The summed E-state index contributed by atoms with van der Waals surface area (Å²) >= 11 is 0. The van der Waals surface area contributed by atoms with E-state index in [0.717, 1.165) is 42.8 Å². The Morgan fingerprint density at radius 1 is 1.07 bits per heavy atom. The lowest BCUT2D eigenvalue weighted by molar-refractivity contribution is -0.892. The first-order valence-corrected chi connectivity index (χ1v) is 9.01. The third-order valence-corrected chi connectivity index (χ3v) is 4.88. The molecule has 0 unspecified atom stereocenters. The van der Waals surface area contributed by atoms with Gasteiger partial charge in [0.05, 0.1) is 32.2 Å². The van der Waals surface area contributed by atoms with Gasteiger partial charge in [0.25, 0.3) is 5.91 Å². The van der Waals surface area contributed by atoms with Crippen molar-refractivity contribution in [1.29, 1.82) is 0 Å². The summed E-state index contributed by atoms with van der Waals surface area (Å²) in [5, 5.41) is 2.78. The van der Waals surface area contributed by atoms with E-state index in [4.69, 9.17) is 0 Å². The van der Waals surface area contributed by atoms with Gasteiger partial charge in [-0.05, 0) is 37.3 Å². The highest BCUT2D eigenvalue weighted by atomic mass is 19.1. The number of carbonyl (C=O) groups is 1. The molecule has 0 spiro atoms. The maximum absolute atomic E-state index is 13.8. The second kappa shape index (κ2) is 8.43. The van der Waals surface area contributed by atoms with Crippen LogP contribution < -0.4 is 15.1 Å². The van der Waals surface area contributed by atoms with Crippen molar-refractivity contribution in [3.63, 3.8) is 0 Å². The van der Waals surface area contributed by atoms with Gasteiger partial charge in [-0.2, -0.15) is 0 Å². The number of halogens is 3. The van der Waals surface area contributed by atoms with Gasteiger partial charge in [0.1, 0.15) is 17.5 Å². The number of nitrogens with one attached hydrogen (secondary N) is 2. The Kier molecular flexibility index (Phi) is 6.01. The third kappa shape index (κ3) is 5.01. The number of nitrogens with zero attached hydrogens (tertiary/aromatic N) is 1. The van der Waals surface area contributed by atoms with Crippen LogP contribution in [-0.2, 0) is 4.79 Å². The van der Waals surface area contributed by atoms with Crippen LogP contribution in [0.1, 0.15) is 18.5 Å². The lowest BCUT2D eigenvalue weighted by atomic mass is 10.1. The van der Waals surface area contributed by atoms with Crippen molar-refractivity contribution >= 4 is 11.6 Å². The fourth-order valence-electron chi connectivity index (χ4n) is 3.36. The van der Waals surface area contributed by atoms with Crippen molar-refractivity contribution in [2.24, 2.45) is 0 Å². The number of rotatable bonds is 5. The molecule has 2 N–H and O–H groups in total.